The summed E-state index contributed by atoms with van der Waals surface area (Å²) in [6.45, 7) is 5.85. The van der Waals surface area contributed by atoms with E-state index in [1.807, 2.05) is 0 Å². The fourth-order valence-electron chi connectivity index (χ4n) is 2.65. The minimum atomic E-state index is -0.173. The molecule has 0 amide bonds. The standard InChI is InChI=1S/C12H18O2/c1-8-9(2)12(13)14-11(8)10-6-4-3-5-7-10/h8,10-11H,2-7H2,1H3. The fourth-order valence-corrected chi connectivity index (χ4v) is 2.65. The Labute approximate surface area is 85.3 Å². The van der Waals surface area contributed by atoms with Crippen molar-refractivity contribution in [2.45, 2.75) is 45.1 Å². The maximum Gasteiger partial charge on any atom is 0.334 e. The van der Waals surface area contributed by atoms with Gasteiger partial charge in [-0.3, -0.25) is 0 Å². The molecule has 1 aliphatic carbocycles. The van der Waals surface area contributed by atoms with Crippen LogP contribution >= 0.6 is 0 Å². The Morgan fingerprint density at radius 3 is 2.43 bits per heavy atom. The van der Waals surface area contributed by atoms with Crippen molar-refractivity contribution in [2.24, 2.45) is 11.8 Å². The molecular formula is C12H18O2. The Morgan fingerprint density at radius 2 is 1.93 bits per heavy atom. The van der Waals surface area contributed by atoms with Crippen molar-refractivity contribution < 1.29 is 9.53 Å². The molecule has 0 radical (unpaired) electrons. The molecule has 0 bridgehead atoms. The monoisotopic (exact) mass is 194 g/mol. The van der Waals surface area contributed by atoms with E-state index in [2.05, 4.69) is 13.5 Å². The summed E-state index contributed by atoms with van der Waals surface area (Å²) in [7, 11) is 0. The van der Waals surface area contributed by atoms with Crippen LogP contribution in [-0.4, -0.2) is 12.1 Å². The molecular weight excluding hydrogens is 176 g/mol. The largest absolute Gasteiger partial charge is 0.458 e. The predicted octanol–water partition coefficient (Wildman–Crippen LogP) is 2.68. The van der Waals surface area contributed by atoms with Crippen LogP contribution in [0.15, 0.2) is 12.2 Å². The highest BCUT2D eigenvalue weighted by atomic mass is 16.6. The Hall–Kier alpha value is -0.790. The molecule has 1 heterocycles. The van der Waals surface area contributed by atoms with E-state index in [-0.39, 0.29) is 18.0 Å². The highest BCUT2D eigenvalue weighted by Gasteiger charge is 2.40. The van der Waals surface area contributed by atoms with Crippen LogP contribution in [0.2, 0.25) is 0 Å². The lowest BCUT2D eigenvalue weighted by atomic mass is 9.80. The van der Waals surface area contributed by atoms with Crippen molar-refractivity contribution in [1.82, 2.24) is 0 Å². The zero-order valence-electron chi connectivity index (χ0n) is 8.79. The van der Waals surface area contributed by atoms with Crippen molar-refractivity contribution in [3.63, 3.8) is 0 Å². The number of carbonyl (C=O) groups is 1. The van der Waals surface area contributed by atoms with Gasteiger partial charge in [0.15, 0.2) is 0 Å². The van der Waals surface area contributed by atoms with Gasteiger partial charge in [-0.15, -0.1) is 0 Å². The van der Waals surface area contributed by atoms with Crippen LogP contribution in [0.4, 0.5) is 0 Å². The molecule has 2 unspecified atom stereocenters. The van der Waals surface area contributed by atoms with Crippen molar-refractivity contribution in [2.75, 3.05) is 0 Å². The van der Waals surface area contributed by atoms with Crippen LogP contribution in [0.5, 0.6) is 0 Å². The molecule has 2 aliphatic rings. The van der Waals surface area contributed by atoms with Crippen LogP contribution in [0.25, 0.3) is 0 Å². The molecule has 14 heavy (non-hydrogen) atoms. The summed E-state index contributed by atoms with van der Waals surface area (Å²) < 4.78 is 5.39. The van der Waals surface area contributed by atoms with E-state index in [0.717, 1.165) is 0 Å². The van der Waals surface area contributed by atoms with Crippen molar-refractivity contribution in [3.05, 3.63) is 12.2 Å². The molecule has 0 N–H and O–H groups in total. The molecule has 2 heteroatoms. The van der Waals surface area contributed by atoms with Gasteiger partial charge in [0.05, 0.1) is 0 Å². The van der Waals surface area contributed by atoms with E-state index in [1.54, 1.807) is 0 Å². The second kappa shape index (κ2) is 3.76. The number of carbonyl (C=O) groups excluding carboxylic acids is 1. The SMILES string of the molecule is C=C1C(=O)OC(C2CCCCC2)C1C. The maximum atomic E-state index is 11.3. The Balaban J connectivity index is 2.04. The quantitative estimate of drug-likeness (QED) is 0.474. The lowest BCUT2D eigenvalue weighted by molar-refractivity contribution is -0.141. The highest BCUT2D eigenvalue weighted by Crippen LogP contribution is 2.37. The fraction of sp³-hybridized carbons (Fsp3) is 0.750. The van der Waals surface area contributed by atoms with E-state index in [4.69, 9.17) is 4.74 Å². The molecule has 2 nitrogen and oxygen atoms in total. The number of hydrogen-bond acceptors (Lipinski definition) is 2. The van der Waals surface area contributed by atoms with Crippen LogP contribution in [0, 0.1) is 11.8 Å². The van der Waals surface area contributed by atoms with E-state index in [1.165, 1.54) is 32.1 Å². The first kappa shape index (κ1) is 9.75. The molecule has 1 saturated heterocycles. The average Bonchev–Trinajstić information content (AvgIpc) is 2.47. The third-order valence-electron chi connectivity index (χ3n) is 3.66. The molecule has 2 fully saturated rings. The van der Waals surface area contributed by atoms with Gasteiger partial charge in [-0.1, -0.05) is 32.8 Å². The highest BCUT2D eigenvalue weighted by molar-refractivity contribution is 5.90. The zero-order valence-corrected chi connectivity index (χ0v) is 8.79. The smallest absolute Gasteiger partial charge is 0.334 e. The van der Waals surface area contributed by atoms with Gasteiger partial charge in [0.1, 0.15) is 6.10 Å². The Bertz CT molecular complexity index is 251. The summed E-state index contributed by atoms with van der Waals surface area (Å²) in [6.07, 6.45) is 6.48. The van der Waals surface area contributed by atoms with Crippen LogP contribution in [0.1, 0.15) is 39.0 Å². The summed E-state index contributed by atoms with van der Waals surface area (Å²) in [5.74, 6) is 0.639. The van der Waals surface area contributed by atoms with E-state index >= 15 is 0 Å². The summed E-state index contributed by atoms with van der Waals surface area (Å²) in [5.41, 5.74) is 0.667. The predicted molar refractivity (Wildman–Crippen MR) is 54.8 cm³/mol. The van der Waals surface area contributed by atoms with Crippen molar-refractivity contribution >= 4 is 5.97 Å². The zero-order chi connectivity index (χ0) is 10.1. The molecule has 78 valence electrons. The minimum absolute atomic E-state index is 0.121. The van der Waals surface area contributed by atoms with Gasteiger partial charge in [0.2, 0.25) is 0 Å². The topological polar surface area (TPSA) is 26.3 Å². The number of ether oxygens (including phenoxy) is 1. The van der Waals surface area contributed by atoms with Gasteiger partial charge in [0.25, 0.3) is 0 Å². The number of rotatable bonds is 1. The van der Waals surface area contributed by atoms with Gasteiger partial charge in [0, 0.05) is 11.5 Å². The lowest BCUT2D eigenvalue weighted by Crippen LogP contribution is -2.27. The molecule has 0 aromatic carbocycles. The molecule has 2 atom stereocenters. The number of esters is 1. The van der Waals surface area contributed by atoms with Gasteiger partial charge in [-0.25, -0.2) is 4.79 Å². The maximum absolute atomic E-state index is 11.3. The molecule has 2 rings (SSSR count). The van der Waals surface area contributed by atoms with Crippen molar-refractivity contribution in [1.29, 1.82) is 0 Å². The third-order valence-corrected chi connectivity index (χ3v) is 3.66. The van der Waals surface area contributed by atoms with Crippen LogP contribution in [0.3, 0.4) is 0 Å². The van der Waals surface area contributed by atoms with Crippen LogP contribution < -0.4 is 0 Å². The second-order valence-electron chi connectivity index (χ2n) is 4.58. The molecule has 1 aliphatic heterocycles. The Morgan fingerprint density at radius 1 is 1.29 bits per heavy atom. The van der Waals surface area contributed by atoms with Gasteiger partial charge in [-0.05, 0) is 18.8 Å². The van der Waals surface area contributed by atoms with E-state index < -0.39 is 0 Å². The van der Waals surface area contributed by atoms with E-state index in [9.17, 15) is 4.79 Å². The number of hydrogen-bond donors (Lipinski definition) is 0. The summed E-state index contributed by atoms with van der Waals surface area (Å²) >= 11 is 0. The van der Waals surface area contributed by atoms with Gasteiger partial charge >= 0.3 is 5.97 Å². The normalized spacial score (nSPS) is 34.6. The first-order valence-electron chi connectivity index (χ1n) is 5.60. The summed E-state index contributed by atoms with van der Waals surface area (Å²) in [4.78, 5) is 11.3. The lowest BCUT2D eigenvalue weighted by Gasteiger charge is -2.28. The second-order valence-corrected chi connectivity index (χ2v) is 4.58. The molecule has 0 aromatic heterocycles. The summed E-state index contributed by atoms with van der Waals surface area (Å²) in [6, 6.07) is 0. The van der Waals surface area contributed by atoms with E-state index in [0.29, 0.717) is 11.5 Å². The molecule has 0 aromatic rings. The third kappa shape index (κ3) is 1.58. The van der Waals surface area contributed by atoms with Gasteiger partial charge in [-0.2, -0.15) is 0 Å². The molecule has 0 spiro atoms. The summed E-state index contributed by atoms with van der Waals surface area (Å²) in [5, 5.41) is 0. The Kier molecular flexibility index (Phi) is 2.62. The molecule has 1 saturated carbocycles. The van der Waals surface area contributed by atoms with Crippen LogP contribution in [-0.2, 0) is 9.53 Å². The first-order valence-corrected chi connectivity index (χ1v) is 5.60. The first-order chi connectivity index (χ1) is 6.70. The number of cyclic esters (lactones) is 1. The minimum Gasteiger partial charge on any atom is -0.458 e. The van der Waals surface area contributed by atoms with Crippen molar-refractivity contribution in [3.8, 4) is 0 Å². The van der Waals surface area contributed by atoms with Gasteiger partial charge < -0.3 is 4.74 Å². The average molecular weight is 194 g/mol.